The van der Waals surface area contributed by atoms with Crippen LogP contribution in [0.2, 0.25) is 0 Å². The fourth-order valence-electron chi connectivity index (χ4n) is 1.39. The molecule has 16 heavy (non-hydrogen) atoms. The van der Waals surface area contributed by atoms with Crippen molar-refractivity contribution < 1.29 is 14.3 Å². The molecular formula is C13H24O3. The maximum atomic E-state index is 10.6. The summed E-state index contributed by atoms with van der Waals surface area (Å²) >= 11 is 0. The molecule has 0 aromatic carbocycles. The predicted octanol–water partition coefficient (Wildman–Crippen LogP) is 3.15. The van der Waals surface area contributed by atoms with Gasteiger partial charge in [0.1, 0.15) is 0 Å². The Bertz CT molecular complexity index is 231. The van der Waals surface area contributed by atoms with E-state index in [0.29, 0.717) is 18.4 Å². The van der Waals surface area contributed by atoms with Crippen LogP contribution in [0, 0.1) is 11.8 Å². The molecule has 1 unspecified atom stereocenters. The molecule has 94 valence electrons. The standard InChI is InChI=1S/C13H24O3/c1-10(2)13(15-5)7-6-11(3)8-9-16-12(4)14/h7,10-11H,6,8-9H2,1-5H3/b13-7-. The van der Waals surface area contributed by atoms with Gasteiger partial charge in [-0.1, -0.05) is 20.8 Å². The lowest BCUT2D eigenvalue weighted by Crippen LogP contribution is -2.05. The number of carbonyl (C=O) groups is 1. The normalized spacial score (nSPS) is 13.8. The molecule has 3 heteroatoms. The summed E-state index contributed by atoms with van der Waals surface area (Å²) in [5, 5.41) is 0. The summed E-state index contributed by atoms with van der Waals surface area (Å²) < 4.78 is 10.2. The van der Waals surface area contributed by atoms with E-state index in [9.17, 15) is 4.79 Å². The number of methoxy groups -OCH3 is 1. The first-order valence-corrected chi connectivity index (χ1v) is 5.84. The highest BCUT2D eigenvalue weighted by Crippen LogP contribution is 2.15. The highest BCUT2D eigenvalue weighted by Gasteiger charge is 2.05. The summed E-state index contributed by atoms with van der Waals surface area (Å²) in [7, 11) is 1.70. The second-order valence-electron chi connectivity index (χ2n) is 4.43. The Balaban J connectivity index is 3.86. The Hall–Kier alpha value is -0.990. The van der Waals surface area contributed by atoms with Crippen molar-refractivity contribution in [1.29, 1.82) is 0 Å². The Labute approximate surface area is 98.8 Å². The van der Waals surface area contributed by atoms with Crippen molar-refractivity contribution >= 4 is 5.97 Å². The average molecular weight is 228 g/mol. The third kappa shape index (κ3) is 7.32. The molecule has 0 amide bonds. The van der Waals surface area contributed by atoms with Crippen molar-refractivity contribution in [1.82, 2.24) is 0 Å². The van der Waals surface area contributed by atoms with Crippen molar-refractivity contribution in [3.8, 4) is 0 Å². The zero-order chi connectivity index (χ0) is 12.6. The lowest BCUT2D eigenvalue weighted by molar-refractivity contribution is -0.141. The zero-order valence-electron chi connectivity index (χ0n) is 11.1. The van der Waals surface area contributed by atoms with Gasteiger partial charge in [0.05, 0.1) is 19.5 Å². The van der Waals surface area contributed by atoms with Gasteiger partial charge in [-0.05, 0) is 24.8 Å². The molecule has 0 fully saturated rings. The third-order valence-corrected chi connectivity index (χ3v) is 2.44. The number of hydrogen-bond donors (Lipinski definition) is 0. The summed E-state index contributed by atoms with van der Waals surface area (Å²) in [5.74, 6) is 1.75. The Morgan fingerprint density at radius 1 is 1.31 bits per heavy atom. The largest absolute Gasteiger partial charge is 0.501 e. The minimum absolute atomic E-state index is 0.206. The van der Waals surface area contributed by atoms with E-state index in [2.05, 4.69) is 26.8 Å². The van der Waals surface area contributed by atoms with Gasteiger partial charge in [-0.2, -0.15) is 0 Å². The molecule has 1 atom stereocenters. The zero-order valence-corrected chi connectivity index (χ0v) is 11.1. The minimum atomic E-state index is -0.206. The molecular weight excluding hydrogens is 204 g/mol. The third-order valence-electron chi connectivity index (χ3n) is 2.44. The Kier molecular flexibility index (Phi) is 7.69. The summed E-state index contributed by atoms with van der Waals surface area (Å²) in [6, 6.07) is 0. The van der Waals surface area contributed by atoms with Crippen molar-refractivity contribution in [2.75, 3.05) is 13.7 Å². The van der Waals surface area contributed by atoms with Crippen LogP contribution in [0.1, 0.15) is 40.5 Å². The van der Waals surface area contributed by atoms with Crippen LogP contribution >= 0.6 is 0 Å². The van der Waals surface area contributed by atoms with Crippen LogP contribution in [0.5, 0.6) is 0 Å². The first-order chi connectivity index (χ1) is 7.47. The summed E-state index contributed by atoms with van der Waals surface area (Å²) in [5.41, 5.74) is 0. The van der Waals surface area contributed by atoms with Gasteiger partial charge >= 0.3 is 5.97 Å². The van der Waals surface area contributed by atoms with E-state index >= 15 is 0 Å². The second kappa shape index (κ2) is 8.20. The molecule has 0 bridgehead atoms. The molecule has 0 heterocycles. The Morgan fingerprint density at radius 3 is 2.38 bits per heavy atom. The van der Waals surface area contributed by atoms with Crippen LogP contribution in [-0.4, -0.2) is 19.7 Å². The molecule has 0 spiro atoms. The van der Waals surface area contributed by atoms with Crippen LogP contribution in [0.15, 0.2) is 11.8 Å². The van der Waals surface area contributed by atoms with Crippen LogP contribution in [-0.2, 0) is 14.3 Å². The number of ether oxygens (including phenoxy) is 2. The molecule has 0 aliphatic carbocycles. The topological polar surface area (TPSA) is 35.5 Å². The van der Waals surface area contributed by atoms with E-state index in [1.165, 1.54) is 6.92 Å². The summed E-state index contributed by atoms with van der Waals surface area (Å²) in [6.07, 6.45) is 3.98. The van der Waals surface area contributed by atoms with Crippen molar-refractivity contribution in [3.63, 3.8) is 0 Å². The fraction of sp³-hybridized carbons (Fsp3) is 0.769. The van der Waals surface area contributed by atoms with Gasteiger partial charge in [-0.3, -0.25) is 4.79 Å². The highest BCUT2D eigenvalue weighted by atomic mass is 16.5. The SMILES string of the molecule is CO/C(=C\CC(C)CCOC(C)=O)C(C)C. The molecule has 0 N–H and O–H groups in total. The monoisotopic (exact) mass is 228 g/mol. The molecule has 0 rings (SSSR count). The van der Waals surface area contributed by atoms with E-state index in [1.807, 2.05) is 0 Å². The highest BCUT2D eigenvalue weighted by molar-refractivity contribution is 5.65. The molecule has 0 aromatic heterocycles. The Morgan fingerprint density at radius 2 is 1.94 bits per heavy atom. The van der Waals surface area contributed by atoms with Gasteiger partial charge in [0, 0.05) is 12.8 Å². The first kappa shape index (κ1) is 15.0. The number of esters is 1. The predicted molar refractivity (Wildman–Crippen MR) is 65.0 cm³/mol. The molecule has 0 aromatic rings. The second-order valence-corrected chi connectivity index (χ2v) is 4.43. The average Bonchev–Trinajstić information content (AvgIpc) is 2.17. The van der Waals surface area contributed by atoms with Gasteiger partial charge in [0.2, 0.25) is 0 Å². The van der Waals surface area contributed by atoms with E-state index in [4.69, 9.17) is 9.47 Å². The quantitative estimate of drug-likeness (QED) is 0.496. The molecule has 0 aliphatic heterocycles. The smallest absolute Gasteiger partial charge is 0.302 e. The van der Waals surface area contributed by atoms with Gasteiger partial charge in [0.15, 0.2) is 0 Å². The van der Waals surface area contributed by atoms with Crippen LogP contribution in [0.4, 0.5) is 0 Å². The van der Waals surface area contributed by atoms with E-state index < -0.39 is 0 Å². The molecule has 0 aliphatic rings. The molecule has 0 saturated heterocycles. The van der Waals surface area contributed by atoms with Crippen LogP contribution in [0.25, 0.3) is 0 Å². The molecule has 3 nitrogen and oxygen atoms in total. The summed E-state index contributed by atoms with van der Waals surface area (Å²) in [6.45, 7) is 8.31. The van der Waals surface area contributed by atoms with Crippen molar-refractivity contribution in [2.24, 2.45) is 11.8 Å². The molecule has 0 radical (unpaired) electrons. The van der Waals surface area contributed by atoms with Gasteiger partial charge in [0.25, 0.3) is 0 Å². The van der Waals surface area contributed by atoms with Gasteiger partial charge < -0.3 is 9.47 Å². The number of rotatable bonds is 7. The van der Waals surface area contributed by atoms with E-state index in [1.54, 1.807) is 7.11 Å². The number of hydrogen-bond acceptors (Lipinski definition) is 3. The minimum Gasteiger partial charge on any atom is -0.501 e. The van der Waals surface area contributed by atoms with Crippen LogP contribution < -0.4 is 0 Å². The van der Waals surface area contributed by atoms with Crippen molar-refractivity contribution in [3.05, 3.63) is 11.8 Å². The van der Waals surface area contributed by atoms with Gasteiger partial charge in [-0.25, -0.2) is 0 Å². The maximum Gasteiger partial charge on any atom is 0.302 e. The maximum absolute atomic E-state index is 10.6. The van der Waals surface area contributed by atoms with Gasteiger partial charge in [-0.15, -0.1) is 0 Å². The number of carbonyl (C=O) groups excluding carboxylic acids is 1. The fourth-order valence-corrected chi connectivity index (χ4v) is 1.39. The van der Waals surface area contributed by atoms with E-state index in [-0.39, 0.29) is 5.97 Å². The lowest BCUT2D eigenvalue weighted by Gasteiger charge is -2.12. The van der Waals surface area contributed by atoms with Crippen LogP contribution in [0.3, 0.4) is 0 Å². The lowest BCUT2D eigenvalue weighted by atomic mass is 10.0. The molecule has 0 saturated carbocycles. The van der Waals surface area contributed by atoms with Crippen molar-refractivity contribution in [2.45, 2.75) is 40.5 Å². The summed E-state index contributed by atoms with van der Waals surface area (Å²) in [4.78, 5) is 10.6. The number of allylic oxidation sites excluding steroid dienone is 2. The van der Waals surface area contributed by atoms with E-state index in [0.717, 1.165) is 18.6 Å². The first-order valence-electron chi connectivity index (χ1n) is 5.84.